The number of esters is 5. The van der Waals surface area contributed by atoms with Gasteiger partial charge in [0.2, 0.25) is 0 Å². The average molecular weight is 891 g/mol. The standard InChI is InChI=1S/C53H62O12/c1-39(2)49(54)61-36-15-11-7-5-9-13-34-59-45-27-19-43(20-28-45)52(57)64-47-25-17-41(18-26-47)33-38-63-51(56)42-23-31-48(32-24-42)65-53(58)44-21-29-46(30-22-44)60-35-14-10-6-8-12-16-37-62-50(55)40(3)4/h17-32H,1,3,5-16,33-38H2,2,4H3. The quantitative estimate of drug-likeness (QED) is 0.0161. The van der Waals surface area contributed by atoms with Crippen molar-refractivity contribution in [1.82, 2.24) is 0 Å². The fraction of sp³-hybridized carbons (Fsp3) is 0.377. The smallest absolute Gasteiger partial charge is 0.343 e. The number of ether oxygens (including phenoxy) is 7. The van der Waals surface area contributed by atoms with Crippen LogP contribution in [0, 0.1) is 0 Å². The molecule has 12 heteroatoms. The van der Waals surface area contributed by atoms with Gasteiger partial charge in [-0.15, -0.1) is 0 Å². The minimum Gasteiger partial charge on any atom is -0.494 e. The zero-order valence-electron chi connectivity index (χ0n) is 37.8. The molecule has 4 aromatic carbocycles. The van der Waals surface area contributed by atoms with E-state index in [4.69, 9.17) is 33.2 Å². The van der Waals surface area contributed by atoms with Crippen molar-refractivity contribution < 1.29 is 57.1 Å². The van der Waals surface area contributed by atoms with Crippen molar-refractivity contribution in [2.45, 2.75) is 97.3 Å². The summed E-state index contributed by atoms with van der Waals surface area (Å²) in [5, 5.41) is 0. The largest absolute Gasteiger partial charge is 0.494 e. The van der Waals surface area contributed by atoms with E-state index in [1.165, 1.54) is 24.3 Å². The van der Waals surface area contributed by atoms with Gasteiger partial charge in [0.1, 0.15) is 23.0 Å². The van der Waals surface area contributed by atoms with Crippen LogP contribution < -0.4 is 18.9 Å². The van der Waals surface area contributed by atoms with Gasteiger partial charge in [-0.25, -0.2) is 24.0 Å². The Kier molecular flexibility index (Phi) is 22.6. The van der Waals surface area contributed by atoms with Gasteiger partial charge in [0.05, 0.1) is 49.7 Å². The first-order valence-corrected chi connectivity index (χ1v) is 22.4. The van der Waals surface area contributed by atoms with E-state index in [1.54, 1.807) is 86.6 Å². The Morgan fingerprint density at radius 1 is 0.369 bits per heavy atom. The summed E-state index contributed by atoms with van der Waals surface area (Å²) in [7, 11) is 0. The Morgan fingerprint density at radius 2 is 0.692 bits per heavy atom. The van der Waals surface area contributed by atoms with E-state index < -0.39 is 17.9 Å². The molecule has 0 heterocycles. The third-order valence-electron chi connectivity index (χ3n) is 10.0. The Morgan fingerprint density at radius 3 is 1.08 bits per heavy atom. The molecular weight excluding hydrogens is 829 g/mol. The predicted molar refractivity (Wildman–Crippen MR) is 248 cm³/mol. The van der Waals surface area contributed by atoms with Crippen molar-refractivity contribution in [3.8, 4) is 23.0 Å². The highest BCUT2D eigenvalue weighted by Gasteiger charge is 2.13. The second-order valence-electron chi connectivity index (χ2n) is 15.7. The number of unbranched alkanes of at least 4 members (excludes halogenated alkanes) is 10. The molecular formula is C53H62O12. The lowest BCUT2D eigenvalue weighted by Gasteiger charge is -2.09. The second kappa shape index (κ2) is 28.9. The van der Waals surface area contributed by atoms with Gasteiger partial charge in [-0.3, -0.25) is 0 Å². The van der Waals surface area contributed by atoms with Crippen LogP contribution in [-0.4, -0.2) is 62.9 Å². The molecule has 0 radical (unpaired) electrons. The first kappa shape index (κ1) is 50.9. The zero-order valence-corrected chi connectivity index (χ0v) is 37.8. The van der Waals surface area contributed by atoms with E-state index in [2.05, 4.69) is 13.2 Å². The van der Waals surface area contributed by atoms with Crippen LogP contribution in [0.3, 0.4) is 0 Å². The Bertz CT molecular complexity index is 2120. The monoisotopic (exact) mass is 890 g/mol. The average Bonchev–Trinajstić information content (AvgIpc) is 3.31. The highest BCUT2D eigenvalue weighted by molar-refractivity contribution is 5.92. The van der Waals surface area contributed by atoms with Crippen LogP contribution in [0.25, 0.3) is 0 Å². The van der Waals surface area contributed by atoms with E-state index >= 15 is 0 Å². The summed E-state index contributed by atoms with van der Waals surface area (Å²) in [5.41, 5.74) is 2.80. The SMILES string of the molecule is C=C(C)C(=O)OCCCCCCCCOc1ccc(C(=O)Oc2ccc(CCOC(=O)c3ccc(OC(=O)c4ccc(OCCCCCCCCOC(=O)C(=C)C)cc4)cc3)cc2)cc1. The van der Waals surface area contributed by atoms with Gasteiger partial charge in [-0.05, 0) is 130 Å². The van der Waals surface area contributed by atoms with Crippen molar-refractivity contribution >= 4 is 29.8 Å². The zero-order chi connectivity index (χ0) is 46.7. The lowest BCUT2D eigenvalue weighted by atomic mass is 10.1. The number of hydrogen-bond donors (Lipinski definition) is 0. The molecule has 0 aliphatic heterocycles. The van der Waals surface area contributed by atoms with Gasteiger partial charge in [0.25, 0.3) is 0 Å². The molecule has 0 aromatic heterocycles. The van der Waals surface area contributed by atoms with Gasteiger partial charge < -0.3 is 33.2 Å². The molecule has 0 fully saturated rings. The minimum absolute atomic E-state index is 0.136. The van der Waals surface area contributed by atoms with E-state index in [0.717, 1.165) is 82.6 Å². The minimum atomic E-state index is -0.536. The maximum absolute atomic E-state index is 12.7. The molecule has 65 heavy (non-hydrogen) atoms. The molecule has 0 atom stereocenters. The first-order valence-electron chi connectivity index (χ1n) is 22.4. The van der Waals surface area contributed by atoms with E-state index in [0.29, 0.717) is 77.9 Å². The summed E-state index contributed by atoms with van der Waals surface area (Å²) in [4.78, 5) is 60.9. The summed E-state index contributed by atoms with van der Waals surface area (Å²) >= 11 is 0. The second-order valence-corrected chi connectivity index (χ2v) is 15.7. The third kappa shape index (κ3) is 20.1. The summed E-state index contributed by atoms with van der Waals surface area (Å²) < 4.78 is 38.3. The van der Waals surface area contributed by atoms with Gasteiger partial charge in [0, 0.05) is 17.6 Å². The molecule has 0 saturated heterocycles. The molecule has 0 unspecified atom stereocenters. The van der Waals surface area contributed by atoms with Crippen molar-refractivity contribution in [2.75, 3.05) is 33.0 Å². The highest BCUT2D eigenvalue weighted by Crippen LogP contribution is 2.20. The number of rotatable bonds is 30. The number of carbonyl (C=O) groups excluding carboxylic acids is 5. The molecule has 0 bridgehead atoms. The van der Waals surface area contributed by atoms with Crippen LogP contribution in [0.4, 0.5) is 0 Å². The molecule has 4 aromatic rings. The normalized spacial score (nSPS) is 10.6. The van der Waals surface area contributed by atoms with Crippen molar-refractivity contribution in [3.05, 3.63) is 144 Å². The lowest BCUT2D eigenvalue weighted by molar-refractivity contribution is -0.139. The van der Waals surface area contributed by atoms with Crippen LogP contribution in [0.15, 0.2) is 121 Å². The van der Waals surface area contributed by atoms with Crippen LogP contribution in [0.5, 0.6) is 23.0 Å². The van der Waals surface area contributed by atoms with Crippen molar-refractivity contribution in [3.63, 3.8) is 0 Å². The Labute approximate surface area is 382 Å². The van der Waals surface area contributed by atoms with Gasteiger partial charge in [-0.2, -0.15) is 0 Å². The summed E-state index contributed by atoms with van der Waals surface area (Å²) in [6.45, 7) is 12.6. The molecule has 0 aliphatic rings. The highest BCUT2D eigenvalue weighted by atomic mass is 16.5. The Hall–Kier alpha value is -6.69. The molecule has 0 aliphatic carbocycles. The van der Waals surface area contributed by atoms with Crippen LogP contribution >= 0.6 is 0 Å². The van der Waals surface area contributed by atoms with Crippen LogP contribution in [0.2, 0.25) is 0 Å². The fourth-order valence-electron chi connectivity index (χ4n) is 6.21. The predicted octanol–water partition coefficient (Wildman–Crippen LogP) is 11.2. The summed E-state index contributed by atoms with van der Waals surface area (Å²) in [6, 6.07) is 26.7. The van der Waals surface area contributed by atoms with Crippen LogP contribution in [-0.2, 0) is 30.2 Å². The molecule has 0 spiro atoms. The van der Waals surface area contributed by atoms with E-state index in [1.807, 2.05) is 0 Å². The fourth-order valence-corrected chi connectivity index (χ4v) is 6.21. The molecule has 4 rings (SSSR count). The molecule has 0 saturated carbocycles. The number of benzene rings is 4. The summed E-state index contributed by atoms with van der Waals surface area (Å²) in [6.07, 6.45) is 12.3. The molecule has 346 valence electrons. The van der Waals surface area contributed by atoms with Gasteiger partial charge in [-0.1, -0.05) is 76.7 Å². The maximum atomic E-state index is 12.7. The molecule has 0 N–H and O–H groups in total. The first-order chi connectivity index (χ1) is 31.5. The maximum Gasteiger partial charge on any atom is 0.343 e. The topological polar surface area (TPSA) is 150 Å². The molecule has 12 nitrogen and oxygen atoms in total. The third-order valence-corrected chi connectivity index (χ3v) is 10.0. The Balaban J connectivity index is 1.04. The van der Waals surface area contributed by atoms with Crippen LogP contribution in [0.1, 0.15) is 128 Å². The molecule has 0 amide bonds. The number of hydrogen-bond acceptors (Lipinski definition) is 12. The van der Waals surface area contributed by atoms with E-state index in [-0.39, 0.29) is 24.3 Å². The number of carbonyl (C=O) groups is 5. The lowest BCUT2D eigenvalue weighted by Crippen LogP contribution is -2.10. The van der Waals surface area contributed by atoms with E-state index in [9.17, 15) is 24.0 Å². The van der Waals surface area contributed by atoms with Crippen molar-refractivity contribution in [2.24, 2.45) is 0 Å². The summed E-state index contributed by atoms with van der Waals surface area (Å²) in [5.74, 6) is -0.191. The van der Waals surface area contributed by atoms with Gasteiger partial charge >= 0.3 is 29.8 Å². The van der Waals surface area contributed by atoms with Gasteiger partial charge in [0.15, 0.2) is 0 Å². The van der Waals surface area contributed by atoms with Crippen molar-refractivity contribution in [1.29, 1.82) is 0 Å².